The SMILES string of the molecule is C=CC1/C=C\C=C/C/C=C(N(c2ccc(-c3ccccc3)cc2)c2ccc(-c3ccc4c(c3)-c3c5cccc3-c3ccccc3C3=C5C=CCC=C34)cc2)\C=C/1. The second-order valence-electron chi connectivity index (χ2n) is 14.7. The Labute approximate surface area is 330 Å². The molecule has 4 aliphatic carbocycles. The van der Waals surface area contributed by atoms with Crippen LogP contribution in [0.25, 0.3) is 61.2 Å². The molecule has 0 heterocycles. The smallest absolute Gasteiger partial charge is 0.0461 e. The maximum atomic E-state index is 4.09. The Morgan fingerprint density at radius 1 is 0.500 bits per heavy atom. The van der Waals surface area contributed by atoms with E-state index >= 15 is 0 Å². The fraction of sp³-hybridized carbons (Fsp3) is 0.0545. The number of benzene rings is 6. The van der Waals surface area contributed by atoms with Crippen LogP contribution in [0.3, 0.4) is 0 Å². The molecule has 0 spiro atoms. The minimum absolute atomic E-state index is 0.140. The average molecular weight is 716 g/mol. The van der Waals surface area contributed by atoms with E-state index in [9.17, 15) is 0 Å². The van der Waals surface area contributed by atoms with E-state index in [1.807, 2.05) is 6.08 Å². The predicted octanol–water partition coefficient (Wildman–Crippen LogP) is 14.8. The third-order valence-corrected chi connectivity index (χ3v) is 11.5. The number of fused-ring (bicyclic) bond motifs is 4. The Bertz CT molecular complexity index is 2730. The molecule has 6 bridgehead atoms. The molecule has 4 aliphatic rings. The zero-order chi connectivity index (χ0) is 37.4. The van der Waals surface area contributed by atoms with E-state index in [0.29, 0.717) is 0 Å². The van der Waals surface area contributed by atoms with Crippen molar-refractivity contribution in [1.82, 2.24) is 0 Å². The van der Waals surface area contributed by atoms with Gasteiger partial charge in [-0.2, -0.15) is 0 Å². The van der Waals surface area contributed by atoms with Gasteiger partial charge in [0.25, 0.3) is 0 Å². The summed E-state index contributed by atoms with van der Waals surface area (Å²) in [4.78, 5) is 2.37. The van der Waals surface area contributed by atoms with Crippen LogP contribution in [0.4, 0.5) is 11.4 Å². The van der Waals surface area contributed by atoms with E-state index in [-0.39, 0.29) is 5.92 Å². The number of hydrogen-bond acceptors (Lipinski definition) is 1. The maximum absolute atomic E-state index is 4.09. The van der Waals surface area contributed by atoms with Gasteiger partial charge >= 0.3 is 0 Å². The van der Waals surface area contributed by atoms with Gasteiger partial charge in [0.2, 0.25) is 0 Å². The van der Waals surface area contributed by atoms with Crippen molar-refractivity contribution in [3.63, 3.8) is 0 Å². The summed E-state index contributed by atoms with van der Waals surface area (Å²) < 4.78 is 0. The van der Waals surface area contributed by atoms with Crippen molar-refractivity contribution in [3.8, 4) is 44.5 Å². The molecule has 1 unspecified atom stereocenters. The molecule has 6 aromatic rings. The molecule has 0 saturated carbocycles. The summed E-state index contributed by atoms with van der Waals surface area (Å²) in [6.07, 6.45) is 26.2. The second-order valence-corrected chi connectivity index (χ2v) is 14.7. The third kappa shape index (κ3) is 5.90. The highest BCUT2D eigenvalue weighted by Crippen LogP contribution is 2.56. The summed E-state index contributed by atoms with van der Waals surface area (Å²) in [6.45, 7) is 4.09. The van der Waals surface area contributed by atoms with Gasteiger partial charge < -0.3 is 4.90 Å². The second kappa shape index (κ2) is 14.4. The predicted molar refractivity (Wildman–Crippen MR) is 239 cm³/mol. The first-order chi connectivity index (χ1) is 27.7. The van der Waals surface area contributed by atoms with Gasteiger partial charge in [0.1, 0.15) is 0 Å². The van der Waals surface area contributed by atoms with E-state index in [1.165, 1.54) is 77.9 Å². The molecule has 6 aromatic carbocycles. The Kier molecular flexibility index (Phi) is 8.61. The van der Waals surface area contributed by atoms with Crippen LogP contribution in [0.15, 0.2) is 219 Å². The number of anilines is 2. The maximum Gasteiger partial charge on any atom is 0.0461 e. The van der Waals surface area contributed by atoms with Crippen molar-refractivity contribution in [3.05, 3.63) is 235 Å². The Morgan fingerprint density at radius 2 is 1.16 bits per heavy atom. The van der Waals surface area contributed by atoms with Crippen molar-refractivity contribution >= 4 is 28.1 Å². The first-order valence-corrected chi connectivity index (χ1v) is 19.6. The summed E-state index contributed by atoms with van der Waals surface area (Å²) in [5, 5.41) is 0. The summed E-state index contributed by atoms with van der Waals surface area (Å²) in [5.41, 5.74) is 21.3. The van der Waals surface area contributed by atoms with Crippen molar-refractivity contribution in [1.29, 1.82) is 0 Å². The fourth-order valence-corrected chi connectivity index (χ4v) is 8.74. The largest absolute Gasteiger partial charge is 0.311 e. The number of allylic oxidation sites excluding steroid dienone is 14. The molecule has 0 radical (unpaired) electrons. The lowest BCUT2D eigenvalue weighted by molar-refractivity contribution is 1.06. The van der Waals surface area contributed by atoms with Crippen molar-refractivity contribution in [2.24, 2.45) is 5.92 Å². The highest BCUT2D eigenvalue weighted by Gasteiger charge is 2.32. The molecule has 0 aromatic heterocycles. The quantitative estimate of drug-likeness (QED) is 0.155. The van der Waals surface area contributed by atoms with Crippen LogP contribution in [0, 0.1) is 5.92 Å². The van der Waals surface area contributed by atoms with Crippen molar-refractivity contribution < 1.29 is 0 Å². The van der Waals surface area contributed by atoms with E-state index in [2.05, 4.69) is 212 Å². The van der Waals surface area contributed by atoms with Crippen LogP contribution < -0.4 is 4.90 Å². The molecule has 0 aliphatic heterocycles. The minimum Gasteiger partial charge on any atom is -0.311 e. The zero-order valence-electron chi connectivity index (χ0n) is 31.3. The Balaban J connectivity index is 1.07. The molecule has 1 atom stereocenters. The summed E-state index contributed by atoms with van der Waals surface area (Å²) in [7, 11) is 0. The Morgan fingerprint density at radius 3 is 1.95 bits per heavy atom. The molecular weight excluding hydrogens is 675 g/mol. The highest BCUT2D eigenvalue weighted by atomic mass is 15.1. The molecule has 56 heavy (non-hydrogen) atoms. The van der Waals surface area contributed by atoms with Crippen LogP contribution in [0.2, 0.25) is 0 Å². The third-order valence-electron chi connectivity index (χ3n) is 11.5. The molecule has 1 nitrogen and oxygen atoms in total. The van der Waals surface area contributed by atoms with Gasteiger partial charge in [-0.15, -0.1) is 6.58 Å². The van der Waals surface area contributed by atoms with Crippen molar-refractivity contribution in [2.75, 3.05) is 4.90 Å². The van der Waals surface area contributed by atoms with Gasteiger partial charge in [-0.1, -0.05) is 170 Å². The number of rotatable bonds is 6. The van der Waals surface area contributed by atoms with Crippen LogP contribution in [0.5, 0.6) is 0 Å². The van der Waals surface area contributed by atoms with E-state index in [1.54, 1.807) is 0 Å². The standard InChI is InChI=1S/C55H41N/c1-2-38-15-6-3-4-9-18-43(31-25-38)56(44-32-26-40(27-33-44)39-16-7-5-8-17-39)45-34-28-41(29-35-45)42-30-36-47-49-21-12-13-22-51-52-24-14-23-50(55(52)53(47)37-42)46-19-10-11-20-48(46)54(49)51/h2-8,10-11,13-38H,1,9,12H2/b4-3-,15-6-,31-25-,43-18+. The normalized spacial score (nSPS) is 18.8. The number of hydrogen-bond donors (Lipinski definition) is 0. The van der Waals surface area contributed by atoms with Gasteiger partial charge in [-0.25, -0.2) is 0 Å². The fourth-order valence-electron chi connectivity index (χ4n) is 8.74. The van der Waals surface area contributed by atoms with Crippen molar-refractivity contribution in [2.45, 2.75) is 12.8 Å². The first kappa shape index (κ1) is 33.6. The lowest BCUT2D eigenvalue weighted by atomic mass is 9.80. The van der Waals surface area contributed by atoms with Crippen LogP contribution >= 0.6 is 0 Å². The number of nitrogens with zero attached hydrogens (tertiary/aromatic N) is 1. The first-order valence-electron chi connectivity index (χ1n) is 19.6. The van der Waals surface area contributed by atoms with Gasteiger partial charge in [0.15, 0.2) is 0 Å². The molecule has 0 saturated heterocycles. The van der Waals surface area contributed by atoms with Crippen LogP contribution in [-0.4, -0.2) is 0 Å². The molecule has 0 amide bonds. The summed E-state index contributed by atoms with van der Waals surface area (Å²) in [6, 6.07) is 51.5. The highest BCUT2D eigenvalue weighted by molar-refractivity contribution is 6.26. The topological polar surface area (TPSA) is 3.24 Å². The van der Waals surface area contributed by atoms with E-state index in [4.69, 9.17) is 0 Å². The average Bonchev–Trinajstić information content (AvgIpc) is 3.57. The van der Waals surface area contributed by atoms with Gasteiger partial charge in [0, 0.05) is 23.0 Å². The molecule has 1 heteroatoms. The van der Waals surface area contributed by atoms with E-state index < -0.39 is 0 Å². The Hall–Kier alpha value is -6.96. The van der Waals surface area contributed by atoms with Gasteiger partial charge in [0.05, 0.1) is 0 Å². The van der Waals surface area contributed by atoms with Crippen LogP contribution in [-0.2, 0) is 0 Å². The molecule has 266 valence electrons. The molecule has 0 fully saturated rings. The lowest BCUT2D eigenvalue weighted by Crippen LogP contribution is -2.15. The monoisotopic (exact) mass is 715 g/mol. The van der Waals surface area contributed by atoms with Gasteiger partial charge in [-0.05, 0) is 127 Å². The van der Waals surface area contributed by atoms with Crippen LogP contribution in [0.1, 0.15) is 29.5 Å². The minimum atomic E-state index is 0.140. The molecule has 10 rings (SSSR count). The summed E-state index contributed by atoms with van der Waals surface area (Å²) >= 11 is 0. The summed E-state index contributed by atoms with van der Waals surface area (Å²) in [5.74, 6) is 0.140. The molecular formula is C55H41N. The lowest BCUT2D eigenvalue weighted by Gasteiger charge is -2.27. The van der Waals surface area contributed by atoms with E-state index in [0.717, 1.165) is 29.9 Å². The molecule has 0 N–H and O–H groups in total. The van der Waals surface area contributed by atoms with Gasteiger partial charge in [-0.3, -0.25) is 0 Å². The zero-order valence-corrected chi connectivity index (χ0v) is 31.3.